The fourth-order valence-electron chi connectivity index (χ4n) is 1.96. The molecule has 0 aliphatic heterocycles. The number of halogens is 2. The molecule has 0 heterocycles. The van der Waals surface area contributed by atoms with E-state index < -0.39 is 0 Å². The van der Waals surface area contributed by atoms with Crippen LogP contribution in [0.25, 0.3) is 0 Å². The highest BCUT2D eigenvalue weighted by atomic mass is 79.9. The summed E-state index contributed by atoms with van der Waals surface area (Å²) in [5.41, 5.74) is 6.67. The molecule has 0 atom stereocenters. The van der Waals surface area contributed by atoms with Crippen LogP contribution < -0.4 is 15.8 Å². The molecule has 0 aliphatic rings. The molecule has 118 valence electrons. The fourth-order valence-corrected chi connectivity index (χ4v) is 3.47. The maximum atomic E-state index is 11.9. The third kappa shape index (κ3) is 5.96. The van der Waals surface area contributed by atoms with Gasteiger partial charge in [-0.05, 0) is 75.4 Å². The van der Waals surface area contributed by atoms with Crippen molar-refractivity contribution in [3.05, 3.63) is 26.6 Å². The summed E-state index contributed by atoms with van der Waals surface area (Å²) in [4.78, 5) is 11.9. The van der Waals surface area contributed by atoms with Gasteiger partial charge >= 0.3 is 0 Å². The number of carbonyl (C=O) groups excluding carboxylic acids is 1. The Morgan fingerprint density at radius 1 is 1.29 bits per heavy atom. The van der Waals surface area contributed by atoms with Crippen molar-refractivity contribution in [2.24, 2.45) is 5.73 Å². The lowest BCUT2D eigenvalue weighted by Crippen LogP contribution is -2.37. The molecular formula is C15H22Br2N2O2. The Labute approximate surface area is 143 Å². The van der Waals surface area contributed by atoms with Gasteiger partial charge in [-0.1, -0.05) is 13.8 Å². The first-order chi connectivity index (χ1) is 10.0. The van der Waals surface area contributed by atoms with Gasteiger partial charge in [-0.15, -0.1) is 0 Å². The maximum Gasteiger partial charge on any atom is 0.258 e. The number of rotatable bonds is 8. The Balaban J connectivity index is 2.65. The van der Waals surface area contributed by atoms with Crippen LogP contribution in [-0.2, 0) is 11.2 Å². The van der Waals surface area contributed by atoms with Gasteiger partial charge in [0.2, 0.25) is 0 Å². The molecule has 4 nitrogen and oxygen atoms in total. The Morgan fingerprint density at radius 2 is 1.86 bits per heavy atom. The van der Waals surface area contributed by atoms with E-state index in [4.69, 9.17) is 10.5 Å². The van der Waals surface area contributed by atoms with Gasteiger partial charge in [0.15, 0.2) is 6.61 Å². The van der Waals surface area contributed by atoms with Gasteiger partial charge in [-0.2, -0.15) is 0 Å². The Hall–Kier alpha value is -0.590. The molecule has 1 rings (SSSR count). The van der Waals surface area contributed by atoms with E-state index in [1.54, 1.807) is 0 Å². The summed E-state index contributed by atoms with van der Waals surface area (Å²) in [6.07, 6.45) is 2.64. The van der Waals surface area contributed by atoms with Gasteiger partial charge in [0.25, 0.3) is 5.91 Å². The van der Waals surface area contributed by atoms with E-state index in [1.807, 2.05) is 12.1 Å². The van der Waals surface area contributed by atoms with Crippen molar-refractivity contribution in [2.75, 3.05) is 13.2 Å². The quantitative estimate of drug-likeness (QED) is 0.675. The van der Waals surface area contributed by atoms with Crippen molar-refractivity contribution in [2.45, 2.75) is 39.2 Å². The van der Waals surface area contributed by atoms with E-state index in [1.165, 1.54) is 0 Å². The van der Waals surface area contributed by atoms with Crippen molar-refractivity contribution in [3.8, 4) is 5.75 Å². The molecule has 0 spiro atoms. The molecule has 0 unspecified atom stereocenters. The van der Waals surface area contributed by atoms with E-state index in [9.17, 15) is 4.79 Å². The van der Waals surface area contributed by atoms with E-state index in [0.29, 0.717) is 12.3 Å². The third-order valence-electron chi connectivity index (χ3n) is 3.19. The molecule has 6 heteroatoms. The first-order valence-electron chi connectivity index (χ1n) is 7.11. The lowest BCUT2D eigenvalue weighted by atomic mass is 10.1. The average Bonchev–Trinajstić information content (AvgIpc) is 2.44. The van der Waals surface area contributed by atoms with Crippen LogP contribution in [0.15, 0.2) is 21.1 Å². The average molecular weight is 422 g/mol. The zero-order chi connectivity index (χ0) is 15.8. The summed E-state index contributed by atoms with van der Waals surface area (Å²) >= 11 is 6.94. The molecule has 1 aromatic rings. The summed E-state index contributed by atoms with van der Waals surface area (Å²) in [7, 11) is 0. The molecule has 0 fully saturated rings. The molecule has 1 amide bonds. The molecule has 0 radical (unpaired) electrons. The van der Waals surface area contributed by atoms with Crippen LogP contribution in [0.3, 0.4) is 0 Å². The number of hydrogen-bond acceptors (Lipinski definition) is 3. The van der Waals surface area contributed by atoms with Crippen LogP contribution >= 0.6 is 31.9 Å². The van der Waals surface area contributed by atoms with Crippen molar-refractivity contribution in [1.29, 1.82) is 0 Å². The van der Waals surface area contributed by atoms with E-state index in [-0.39, 0.29) is 18.6 Å². The highest BCUT2D eigenvalue weighted by Gasteiger charge is 2.13. The van der Waals surface area contributed by atoms with Crippen LogP contribution in [0, 0.1) is 0 Å². The Bertz CT molecular complexity index is 454. The topological polar surface area (TPSA) is 64.3 Å². The number of amides is 1. The van der Waals surface area contributed by atoms with Gasteiger partial charge in [-0.25, -0.2) is 0 Å². The molecule has 0 aliphatic carbocycles. The molecule has 0 saturated carbocycles. The fraction of sp³-hybridized carbons (Fsp3) is 0.533. The molecule has 0 aromatic heterocycles. The highest BCUT2D eigenvalue weighted by Crippen LogP contribution is 2.34. The highest BCUT2D eigenvalue weighted by molar-refractivity contribution is 9.11. The minimum absolute atomic E-state index is 0.00390. The smallest absolute Gasteiger partial charge is 0.258 e. The van der Waals surface area contributed by atoms with E-state index >= 15 is 0 Å². The predicted molar refractivity (Wildman–Crippen MR) is 92.6 cm³/mol. The number of nitrogens with two attached hydrogens (primary N) is 1. The minimum Gasteiger partial charge on any atom is -0.481 e. The lowest BCUT2D eigenvalue weighted by Gasteiger charge is -2.16. The number of ether oxygens (including phenoxy) is 1. The summed E-state index contributed by atoms with van der Waals surface area (Å²) in [6.45, 7) is 4.71. The normalized spacial score (nSPS) is 10.8. The van der Waals surface area contributed by atoms with E-state index in [2.05, 4.69) is 51.0 Å². The summed E-state index contributed by atoms with van der Waals surface area (Å²) in [5, 5.41) is 2.95. The van der Waals surface area contributed by atoms with Gasteiger partial charge in [0.1, 0.15) is 5.75 Å². The standard InChI is InChI=1S/C15H22Br2N2O2/c1-3-11(4-2)19-14(20)9-21-15-12(16)7-10(5-6-18)8-13(15)17/h7-8,11H,3-6,9,18H2,1-2H3,(H,19,20). The molecule has 21 heavy (non-hydrogen) atoms. The first-order valence-corrected chi connectivity index (χ1v) is 8.70. The monoisotopic (exact) mass is 420 g/mol. The second kappa shape index (κ2) is 9.43. The summed E-state index contributed by atoms with van der Waals surface area (Å²) in [6, 6.07) is 4.14. The molecule has 0 saturated heterocycles. The van der Waals surface area contributed by atoms with Gasteiger partial charge < -0.3 is 15.8 Å². The van der Waals surface area contributed by atoms with Crippen molar-refractivity contribution >= 4 is 37.8 Å². The molecule has 0 bridgehead atoms. The first kappa shape index (κ1) is 18.5. The van der Waals surface area contributed by atoms with Crippen molar-refractivity contribution in [1.82, 2.24) is 5.32 Å². The second-order valence-corrected chi connectivity index (χ2v) is 6.51. The number of benzene rings is 1. The maximum absolute atomic E-state index is 11.9. The Morgan fingerprint density at radius 3 is 2.33 bits per heavy atom. The number of carbonyl (C=O) groups is 1. The Kier molecular flexibility index (Phi) is 8.29. The van der Waals surface area contributed by atoms with Crippen LogP contribution in [-0.4, -0.2) is 25.1 Å². The molecule has 3 N–H and O–H groups in total. The largest absolute Gasteiger partial charge is 0.481 e. The summed E-state index contributed by atoms with van der Waals surface area (Å²) < 4.78 is 7.25. The van der Waals surface area contributed by atoms with Gasteiger partial charge in [0.05, 0.1) is 8.95 Å². The zero-order valence-corrected chi connectivity index (χ0v) is 15.6. The van der Waals surface area contributed by atoms with Gasteiger partial charge in [-0.3, -0.25) is 4.79 Å². The van der Waals surface area contributed by atoms with Crippen LogP contribution in [0.2, 0.25) is 0 Å². The lowest BCUT2D eigenvalue weighted by molar-refractivity contribution is -0.123. The van der Waals surface area contributed by atoms with Crippen LogP contribution in [0.4, 0.5) is 0 Å². The van der Waals surface area contributed by atoms with Crippen molar-refractivity contribution < 1.29 is 9.53 Å². The number of nitrogens with one attached hydrogen (secondary N) is 1. The van der Waals surface area contributed by atoms with Gasteiger partial charge in [0, 0.05) is 6.04 Å². The molecular weight excluding hydrogens is 400 g/mol. The van der Waals surface area contributed by atoms with Crippen molar-refractivity contribution in [3.63, 3.8) is 0 Å². The van der Waals surface area contributed by atoms with Crippen LogP contribution in [0.1, 0.15) is 32.3 Å². The predicted octanol–water partition coefficient (Wildman–Crippen LogP) is 3.40. The minimum atomic E-state index is -0.103. The second-order valence-electron chi connectivity index (χ2n) is 4.80. The number of hydrogen-bond donors (Lipinski definition) is 2. The SMILES string of the molecule is CCC(CC)NC(=O)COc1c(Br)cc(CCN)cc1Br. The van der Waals surface area contributed by atoms with Crippen LogP contribution in [0.5, 0.6) is 5.75 Å². The zero-order valence-electron chi connectivity index (χ0n) is 12.4. The summed E-state index contributed by atoms with van der Waals surface area (Å²) in [5.74, 6) is 0.531. The molecule has 1 aromatic carbocycles. The third-order valence-corrected chi connectivity index (χ3v) is 4.37. The van der Waals surface area contributed by atoms with E-state index in [0.717, 1.165) is 33.8 Å².